The molecule has 1 amide bonds. The third-order valence-electron chi connectivity index (χ3n) is 1.23. The van der Waals surface area contributed by atoms with Crippen LogP contribution in [-0.4, -0.2) is 28.2 Å². The van der Waals surface area contributed by atoms with Crippen LogP contribution < -0.4 is 5.32 Å². The first kappa shape index (κ1) is 8.32. The van der Waals surface area contributed by atoms with Crippen molar-refractivity contribution in [1.82, 2.24) is 9.88 Å². The van der Waals surface area contributed by atoms with Gasteiger partial charge < -0.3 is 10.4 Å². The van der Waals surface area contributed by atoms with Gasteiger partial charge in [0.05, 0.1) is 0 Å². The van der Waals surface area contributed by atoms with E-state index < -0.39 is 12.0 Å². The first-order valence-electron chi connectivity index (χ1n) is 3.33. The first-order chi connectivity index (χ1) is 5.70. The summed E-state index contributed by atoms with van der Waals surface area (Å²) in [6, 6.07) is 2.92. The Balaban J connectivity index is 2.45. The molecular formula is C7H8N2O3. The number of amides is 1. The monoisotopic (exact) mass is 168 g/mol. The molecule has 0 unspecified atom stereocenters. The van der Waals surface area contributed by atoms with Crippen molar-refractivity contribution in [2.24, 2.45) is 0 Å². The maximum atomic E-state index is 11.0. The molecule has 12 heavy (non-hydrogen) atoms. The molecule has 1 aromatic rings. The van der Waals surface area contributed by atoms with Crippen molar-refractivity contribution in [2.45, 2.75) is 0 Å². The fourth-order valence-corrected chi connectivity index (χ4v) is 0.712. The van der Waals surface area contributed by atoms with Gasteiger partial charge in [-0.1, -0.05) is 0 Å². The Morgan fingerprint density at radius 3 is 2.42 bits per heavy atom. The van der Waals surface area contributed by atoms with Crippen molar-refractivity contribution in [1.29, 1.82) is 0 Å². The molecule has 0 aliphatic heterocycles. The number of carboxylic acids is 1. The lowest BCUT2D eigenvalue weighted by molar-refractivity contribution is -0.135. The highest BCUT2D eigenvalue weighted by Gasteiger charge is 2.03. The van der Waals surface area contributed by atoms with Crippen molar-refractivity contribution in [3.8, 4) is 0 Å². The van der Waals surface area contributed by atoms with Crippen molar-refractivity contribution in [2.75, 3.05) is 6.54 Å². The molecule has 1 rings (SSSR count). The van der Waals surface area contributed by atoms with Crippen molar-refractivity contribution < 1.29 is 14.7 Å². The fourth-order valence-electron chi connectivity index (χ4n) is 0.712. The number of aliphatic carboxylic acids is 1. The molecule has 0 spiro atoms. The van der Waals surface area contributed by atoms with Crippen LogP contribution in [0.25, 0.3) is 0 Å². The highest BCUT2D eigenvalue weighted by molar-refractivity contribution is 5.81. The summed E-state index contributed by atoms with van der Waals surface area (Å²) in [7, 11) is 0. The topological polar surface area (TPSA) is 71.3 Å². The molecule has 0 aliphatic rings. The number of nitrogens with zero attached hydrogens (tertiary/aromatic N) is 1. The van der Waals surface area contributed by atoms with Crippen LogP contribution in [0.2, 0.25) is 0 Å². The second kappa shape index (κ2) is 3.56. The van der Waals surface area contributed by atoms with Crippen LogP contribution in [0.3, 0.4) is 0 Å². The normalized spacial score (nSPS) is 9.33. The number of hydrogen-bond acceptors (Lipinski definition) is 2. The molecule has 2 N–H and O–H groups in total. The van der Waals surface area contributed by atoms with E-state index >= 15 is 0 Å². The summed E-state index contributed by atoms with van der Waals surface area (Å²) in [6.07, 6.45) is 3.08. The van der Waals surface area contributed by atoms with Crippen molar-refractivity contribution >= 4 is 12.0 Å². The van der Waals surface area contributed by atoms with E-state index in [-0.39, 0.29) is 6.54 Å². The molecule has 0 radical (unpaired) electrons. The summed E-state index contributed by atoms with van der Waals surface area (Å²) in [5.41, 5.74) is 0. The molecule has 1 heterocycles. The number of hydrogen-bond donors (Lipinski definition) is 2. The second-order valence-corrected chi connectivity index (χ2v) is 2.14. The Labute approximate surface area is 68.6 Å². The Kier molecular flexibility index (Phi) is 2.47. The van der Waals surface area contributed by atoms with E-state index in [4.69, 9.17) is 5.11 Å². The lowest BCUT2D eigenvalue weighted by Gasteiger charge is -2.01. The van der Waals surface area contributed by atoms with Gasteiger partial charge in [0.2, 0.25) is 0 Å². The summed E-state index contributed by atoms with van der Waals surface area (Å²) in [6.45, 7) is -0.364. The third kappa shape index (κ3) is 2.12. The largest absolute Gasteiger partial charge is 0.480 e. The van der Waals surface area contributed by atoms with Gasteiger partial charge in [0.25, 0.3) is 0 Å². The number of carbonyl (C=O) groups is 2. The van der Waals surface area contributed by atoms with E-state index in [0.717, 1.165) is 0 Å². The van der Waals surface area contributed by atoms with Gasteiger partial charge in [-0.25, -0.2) is 4.79 Å². The first-order valence-corrected chi connectivity index (χ1v) is 3.33. The number of carbonyl (C=O) groups excluding carboxylic acids is 1. The maximum Gasteiger partial charge on any atom is 0.326 e. The molecule has 0 atom stereocenters. The zero-order valence-corrected chi connectivity index (χ0v) is 6.23. The fraction of sp³-hybridized carbons (Fsp3) is 0.143. The summed E-state index contributed by atoms with van der Waals surface area (Å²) in [5.74, 6) is -1.06. The predicted octanol–water partition coefficient (Wildman–Crippen LogP) is 0.130. The molecule has 64 valence electrons. The van der Waals surface area contributed by atoms with Crippen molar-refractivity contribution in [3.63, 3.8) is 0 Å². The SMILES string of the molecule is O=C(O)CNC(=O)n1cccc1. The average Bonchev–Trinajstić information content (AvgIpc) is 2.51. The van der Waals surface area contributed by atoms with Crippen LogP contribution in [0.4, 0.5) is 4.79 Å². The highest BCUT2D eigenvalue weighted by Crippen LogP contribution is 1.87. The van der Waals surface area contributed by atoms with Crippen LogP contribution in [0.15, 0.2) is 24.5 Å². The van der Waals surface area contributed by atoms with Crippen LogP contribution in [-0.2, 0) is 4.79 Å². The average molecular weight is 168 g/mol. The van der Waals surface area contributed by atoms with Gasteiger partial charge in [0.1, 0.15) is 6.54 Å². The van der Waals surface area contributed by atoms with E-state index in [0.29, 0.717) is 0 Å². The molecule has 0 fully saturated rings. The summed E-state index contributed by atoms with van der Waals surface area (Å²) in [4.78, 5) is 21.0. The number of aromatic nitrogens is 1. The van der Waals surface area contributed by atoms with Gasteiger partial charge >= 0.3 is 12.0 Å². The van der Waals surface area contributed by atoms with E-state index in [1.807, 2.05) is 0 Å². The quantitative estimate of drug-likeness (QED) is 0.659. The Morgan fingerprint density at radius 1 is 1.33 bits per heavy atom. The minimum Gasteiger partial charge on any atom is -0.480 e. The summed E-state index contributed by atoms with van der Waals surface area (Å²) in [5, 5.41) is 10.4. The second-order valence-electron chi connectivity index (χ2n) is 2.14. The van der Waals surface area contributed by atoms with Crippen LogP contribution >= 0.6 is 0 Å². The molecular weight excluding hydrogens is 160 g/mol. The zero-order chi connectivity index (χ0) is 8.97. The minimum absolute atomic E-state index is 0.364. The standard InChI is InChI=1S/C7H8N2O3/c10-6(11)5-8-7(12)9-3-1-2-4-9/h1-4H,5H2,(H,8,12)(H,10,11). The van der Waals surface area contributed by atoms with Crippen LogP contribution in [0.5, 0.6) is 0 Å². The molecule has 5 nitrogen and oxygen atoms in total. The molecule has 0 aromatic carbocycles. The predicted molar refractivity (Wildman–Crippen MR) is 40.9 cm³/mol. The molecule has 1 aromatic heterocycles. The third-order valence-corrected chi connectivity index (χ3v) is 1.23. The van der Waals surface area contributed by atoms with Gasteiger partial charge in [0, 0.05) is 12.4 Å². The van der Waals surface area contributed by atoms with Gasteiger partial charge in [0.15, 0.2) is 0 Å². The molecule has 0 bridgehead atoms. The molecule has 0 aliphatic carbocycles. The van der Waals surface area contributed by atoms with E-state index in [2.05, 4.69) is 5.32 Å². The Hall–Kier alpha value is -1.78. The minimum atomic E-state index is -1.06. The van der Waals surface area contributed by atoms with Gasteiger partial charge in [-0.2, -0.15) is 0 Å². The van der Waals surface area contributed by atoms with Crippen LogP contribution in [0.1, 0.15) is 0 Å². The molecule has 0 saturated carbocycles. The number of carboxylic acid groups (broad SMARTS) is 1. The highest BCUT2D eigenvalue weighted by atomic mass is 16.4. The Morgan fingerprint density at radius 2 is 1.92 bits per heavy atom. The van der Waals surface area contributed by atoms with Crippen LogP contribution in [0, 0.1) is 0 Å². The van der Waals surface area contributed by atoms with Crippen molar-refractivity contribution in [3.05, 3.63) is 24.5 Å². The van der Waals surface area contributed by atoms with Gasteiger partial charge in [-0.05, 0) is 12.1 Å². The lowest BCUT2D eigenvalue weighted by atomic mass is 10.6. The molecule has 0 saturated heterocycles. The number of rotatable bonds is 2. The van der Waals surface area contributed by atoms with E-state index in [9.17, 15) is 9.59 Å². The van der Waals surface area contributed by atoms with E-state index in [1.165, 1.54) is 17.0 Å². The van der Waals surface area contributed by atoms with Gasteiger partial charge in [-0.3, -0.25) is 9.36 Å². The molecule has 5 heteroatoms. The summed E-state index contributed by atoms with van der Waals surface area (Å²) < 4.78 is 1.27. The van der Waals surface area contributed by atoms with Gasteiger partial charge in [-0.15, -0.1) is 0 Å². The Bertz CT molecular complexity index is 279. The van der Waals surface area contributed by atoms with E-state index in [1.54, 1.807) is 12.1 Å². The lowest BCUT2D eigenvalue weighted by Crippen LogP contribution is -2.32. The zero-order valence-electron chi connectivity index (χ0n) is 6.23. The smallest absolute Gasteiger partial charge is 0.326 e. The summed E-state index contributed by atoms with van der Waals surface area (Å²) >= 11 is 0. The maximum absolute atomic E-state index is 11.0. The number of nitrogens with one attached hydrogen (secondary N) is 1.